The van der Waals surface area contributed by atoms with E-state index in [0.717, 1.165) is 32.2 Å². The lowest BCUT2D eigenvalue weighted by atomic mass is 10.0. The molecule has 0 aliphatic rings. The fourth-order valence-corrected chi connectivity index (χ4v) is 3.83. The van der Waals surface area contributed by atoms with E-state index in [1.54, 1.807) is 31.3 Å². The van der Waals surface area contributed by atoms with Crippen molar-refractivity contribution in [1.82, 2.24) is 5.48 Å². The third kappa shape index (κ3) is 5.86. The Labute approximate surface area is 176 Å². The third-order valence-corrected chi connectivity index (χ3v) is 5.49. The lowest BCUT2D eigenvalue weighted by molar-refractivity contribution is -0.130. The zero-order chi connectivity index (χ0) is 21.2. The van der Waals surface area contributed by atoms with Gasteiger partial charge in [0.25, 0.3) is 5.91 Å². The van der Waals surface area contributed by atoms with Crippen LogP contribution in [0.3, 0.4) is 0 Å². The van der Waals surface area contributed by atoms with Crippen molar-refractivity contribution in [3.05, 3.63) is 78.4 Å². The molecule has 0 aliphatic carbocycles. The Bertz CT molecular complexity index is 908. The van der Waals surface area contributed by atoms with Crippen LogP contribution in [0.1, 0.15) is 32.3 Å². The van der Waals surface area contributed by atoms with Crippen LogP contribution < -0.4 is 10.2 Å². The molecule has 0 aromatic heterocycles. The van der Waals surface area contributed by atoms with Gasteiger partial charge in [-0.25, -0.2) is 5.48 Å². The normalized spacial score (nSPS) is 11.1. The highest BCUT2D eigenvalue weighted by Gasteiger charge is 2.18. The van der Waals surface area contributed by atoms with Crippen molar-refractivity contribution in [2.24, 2.45) is 0 Å². The summed E-state index contributed by atoms with van der Waals surface area (Å²) in [5, 5.41) is 8.90. The fraction of sp³-hybridized carbons (Fsp3) is 0.208. The summed E-state index contributed by atoms with van der Waals surface area (Å²) in [6.07, 6.45) is 0. The van der Waals surface area contributed by atoms with Crippen LogP contribution in [0, 0.1) is 0 Å². The highest BCUT2D eigenvalue weighted by molar-refractivity contribution is 7.99. The van der Waals surface area contributed by atoms with Crippen molar-refractivity contribution in [2.45, 2.75) is 36.5 Å². The van der Waals surface area contributed by atoms with Gasteiger partial charge in [-0.3, -0.25) is 10.0 Å². The molecule has 0 saturated carbocycles. The Morgan fingerprint density at radius 1 is 0.931 bits per heavy atom. The minimum absolute atomic E-state index is 0.419. The van der Waals surface area contributed by atoms with Gasteiger partial charge >= 0.3 is 0 Å². The van der Waals surface area contributed by atoms with Crippen molar-refractivity contribution in [3.8, 4) is 16.9 Å². The summed E-state index contributed by atoms with van der Waals surface area (Å²) in [5.74, 6) is -0.0151. The number of carbonyl (C=O) groups is 1. The average Bonchev–Trinajstić information content (AvgIpc) is 2.80. The number of benzene rings is 3. The predicted octanol–water partition coefficient (Wildman–Crippen LogP) is 6.15. The lowest BCUT2D eigenvalue weighted by Crippen LogP contribution is -2.24. The van der Waals surface area contributed by atoms with Gasteiger partial charge in [-0.2, -0.15) is 0 Å². The zero-order valence-electron chi connectivity index (χ0n) is 17.2. The second-order valence-corrected chi connectivity index (χ2v) is 7.21. The van der Waals surface area contributed by atoms with Crippen LogP contribution in [0.25, 0.3) is 11.1 Å². The molecule has 3 aromatic carbocycles. The smallest absolute Gasteiger partial charge is 0.250 e. The van der Waals surface area contributed by atoms with E-state index in [1.165, 1.54) is 0 Å². The number of hydroxylamine groups is 1. The number of hydrogen-bond donors (Lipinski definition) is 2. The predicted molar refractivity (Wildman–Crippen MR) is 119 cm³/mol. The van der Waals surface area contributed by atoms with Gasteiger partial charge in [0.1, 0.15) is 5.75 Å². The average molecular weight is 410 g/mol. The van der Waals surface area contributed by atoms with Crippen molar-refractivity contribution in [1.29, 1.82) is 0 Å². The molecule has 4 nitrogen and oxygen atoms in total. The Balaban J connectivity index is 0.00000145. The van der Waals surface area contributed by atoms with E-state index < -0.39 is 11.8 Å². The molecule has 1 atom stereocenters. The molecule has 29 heavy (non-hydrogen) atoms. The molecule has 2 N–H and O–H groups in total. The first-order valence-electron chi connectivity index (χ1n) is 9.57. The van der Waals surface area contributed by atoms with Gasteiger partial charge in [-0.1, -0.05) is 68.1 Å². The second-order valence-electron chi connectivity index (χ2n) is 6.09. The first kappa shape index (κ1) is 22.5. The molecule has 0 radical (unpaired) electrons. The van der Waals surface area contributed by atoms with E-state index in [0.29, 0.717) is 0 Å². The molecule has 1 unspecified atom stereocenters. The summed E-state index contributed by atoms with van der Waals surface area (Å²) in [7, 11) is 1.66. The lowest BCUT2D eigenvalue weighted by Gasteiger charge is -2.14. The van der Waals surface area contributed by atoms with E-state index in [1.807, 2.05) is 62.4 Å². The summed E-state index contributed by atoms with van der Waals surface area (Å²) in [6.45, 7) is 5.78. The Morgan fingerprint density at radius 3 is 2.03 bits per heavy atom. The molecule has 0 fully saturated rings. The molecule has 0 heterocycles. The Kier molecular flexibility index (Phi) is 8.77. The van der Waals surface area contributed by atoms with E-state index in [-0.39, 0.29) is 0 Å². The second kappa shape index (κ2) is 11.3. The third-order valence-electron chi connectivity index (χ3n) is 4.39. The monoisotopic (exact) mass is 409 g/mol. The molecular formula is C24H27NO3S. The SMILES string of the molecule is CC.COc1ccc(-c2ccc(Sc3ccccc3C(C)C(=O)NO)cc2)cc1. The number of hydrogen-bond acceptors (Lipinski definition) is 4. The van der Waals surface area contributed by atoms with Crippen LogP contribution in [-0.4, -0.2) is 18.2 Å². The van der Waals surface area contributed by atoms with Crippen LogP contribution in [0.15, 0.2) is 82.6 Å². The summed E-state index contributed by atoms with van der Waals surface area (Å²) >= 11 is 1.60. The van der Waals surface area contributed by atoms with Gasteiger partial charge in [0.2, 0.25) is 0 Å². The van der Waals surface area contributed by atoms with Gasteiger partial charge < -0.3 is 4.74 Å². The molecule has 3 aromatic rings. The van der Waals surface area contributed by atoms with Crippen LogP contribution in [0.5, 0.6) is 5.75 Å². The van der Waals surface area contributed by atoms with Crippen LogP contribution in [0.2, 0.25) is 0 Å². The molecule has 152 valence electrons. The van der Waals surface area contributed by atoms with Crippen LogP contribution in [-0.2, 0) is 4.79 Å². The largest absolute Gasteiger partial charge is 0.497 e. The van der Waals surface area contributed by atoms with Gasteiger partial charge in [-0.15, -0.1) is 0 Å². The summed E-state index contributed by atoms with van der Waals surface area (Å²) < 4.78 is 5.20. The molecule has 0 spiro atoms. The minimum atomic E-state index is -0.433. The van der Waals surface area contributed by atoms with Crippen molar-refractivity contribution >= 4 is 17.7 Å². The molecular weight excluding hydrogens is 382 g/mol. The van der Waals surface area contributed by atoms with E-state index in [2.05, 4.69) is 24.3 Å². The van der Waals surface area contributed by atoms with Gasteiger partial charge in [0, 0.05) is 9.79 Å². The maximum Gasteiger partial charge on any atom is 0.250 e. The highest BCUT2D eigenvalue weighted by Crippen LogP contribution is 2.35. The van der Waals surface area contributed by atoms with Gasteiger partial charge in [0.15, 0.2) is 0 Å². The Morgan fingerprint density at radius 2 is 1.48 bits per heavy atom. The van der Waals surface area contributed by atoms with Crippen LogP contribution in [0.4, 0.5) is 0 Å². The fourth-order valence-electron chi connectivity index (χ4n) is 2.80. The van der Waals surface area contributed by atoms with Gasteiger partial charge in [-0.05, 0) is 53.9 Å². The minimum Gasteiger partial charge on any atom is -0.497 e. The van der Waals surface area contributed by atoms with Crippen LogP contribution >= 0.6 is 11.8 Å². The maximum atomic E-state index is 11.8. The summed E-state index contributed by atoms with van der Waals surface area (Å²) in [5.41, 5.74) is 4.87. The van der Waals surface area contributed by atoms with E-state index in [4.69, 9.17) is 9.94 Å². The van der Waals surface area contributed by atoms with Gasteiger partial charge in [0.05, 0.1) is 13.0 Å². The highest BCUT2D eigenvalue weighted by atomic mass is 32.2. The standard InChI is InChI=1S/C22H21NO3S.C2H6/c1-15(22(24)23-25)20-5-3-4-6-21(20)27-19-13-9-17(10-14-19)16-7-11-18(26-2)12-8-16;1-2/h3-15,25H,1-2H3,(H,23,24);1-2H3. The number of nitrogens with one attached hydrogen (secondary N) is 1. The topological polar surface area (TPSA) is 58.6 Å². The van der Waals surface area contributed by atoms with Crippen molar-refractivity contribution < 1.29 is 14.7 Å². The number of rotatable bonds is 6. The zero-order valence-corrected chi connectivity index (χ0v) is 18.0. The molecule has 0 aliphatic heterocycles. The molecule has 1 amide bonds. The molecule has 3 rings (SSSR count). The Hall–Kier alpha value is -2.76. The number of ether oxygens (including phenoxy) is 1. The number of carbonyl (C=O) groups excluding carboxylic acids is 1. The number of amides is 1. The maximum absolute atomic E-state index is 11.8. The van der Waals surface area contributed by atoms with Crippen molar-refractivity contribution in [2.75, 3.05) is 7.11 Å². The first-order valence-corrected chi connectivity index (χ1v) is 10.4. The molecule has 0 saturated heterocycles. The van der Waals surface area contributed by atoms with E-state index >= 15 is 0 Å². The van der Waals surface area contributed by atoms with E-state index in [9.17, 15) is 4.79 Å². The molecule has 5 heteroatoms. The first-order chi connectivity index (χ1) is 14.1. The van der Waals surface area contributed by atoms with Crippen molar-refractivity contribution in [3.63, 3.8) is 0 Å². The quantitative estimate of drug-likeness (QED) is 0.379. The summed E-state index contributed by atoms with van der Waals surface area (Å²) in [4.78, 5) is 13.9. The molecule has 0 bridgehead atoms. The number of methoxy groups -OCH3 is 1. The summed E-state index contributed by atoms with van der Waals surface area (Å²) in [6, 6.07) is 24.0.